The summed E-state index contributed by atoms with van der Waals surface area (Å²) in [6.07, 6.45) is 3.93. The Hall–Kier alpha value is -1.10. The second-order valence-corrected chi connectivity index (χ2v) is 4.00. The van der Waals surface area contributed by atoms with Gasteiger partial charge in [0.25, 0.3) is 0 Å². The van der Waals surface area contributed by atoms with Crippen LogP contribution in [0.15, 0.2) is 11.6 Å². The number of carbonyl (C=O) groups excluding carboxylic acids is 1. The molecule has 1 aromatic rings. The highest BCUT2D eigenvalue weighted by atomic mass is 32.1. The summed E-state index contributed by atoms with van der Waals surface area (Å²) in [5, 5.41) is 5.24. The third kappa shape index (κ3) is 1.98. The molecule has 1 aliphatic rings. The molecule has 1 aromatic heterocycles. The fourth-order valence-corrected chi connectivity index (χ4v) is 1.61. The first-order valence-corrected chi connectivity index (χ1v) is 5.08. The van der Waals surface area contributed by atoms with E-state index in [0.29, 0.717) is 11.2 Å². The maximum Gasteiger partial charge on any atom is 0.323 e. The monoisotopic (exact) mass is 197 g/mol. The van der Waals surface area contributed by atoms with Gasteiger partial charge in [-0.05, 0) is 12.8 Å². The van der Waals surface area contributed by atoms with E-state index in [1.54, 1.807) is 11.1 Å². The van der Waals surface area contributed by atoms with Gasteiger partial charge in [-0.25, -0.2) is 9.78 Å². The van der Waals surface area contributed by atoms with E-state index in [-0.39, 0.29) is 6.03 Å². The Morgan fingerprint density at radius 1 is 1.77 bits per heavy atom. The summed E-state index contributed by atoms with van der Waals surface area (Å²) in [6, 6.07) is 0.386. The van der Waals surface area contributed by atoms with Crippen LogP contribution in [0.3, 0.4) is 0 Å². The molecule has 1 fully saturated rings. The van der Waals surface area contributed by atoms with Crippen molar-refractivity contribution in [2.75, 3.05) is 12.4 Å². The van der Waals surface area contributed by atoms with Gasteiger partial charge in [0, 0.05) is 24.7 Å². The number of amides is 2. The van der Waals surface area contributed by atoms with Crippen molar-refractivity contribution in [1.82, 2.24) is 9.88 Å². The van der Waals surface area contributed by atoms with E-state index in [9.17, 15) is 4.79 Å². The number of carbonyl (C=O) groups is 1. The van der Waals surface area contributed by atoms with Gasteiger partial charge in [-0.1, -0.05) is 0 Å². The van der Waals surface area contributed by atoms with Crippen molar-refractivity contribution in [3.63, 3.8) is 0 Å². The molecule has 0 aliphatic heterocycles. The molecule has 2 rings (SSSR count). The highest BCUT2D eigenvalue weighted by molar-refractivity contribution is 7.13. The second-order valence-electron chi connectivity index (χ2n) is 3.11. The quantitative estimate of drug-likeness (QED) is 0.785. The van der Waals surface area contributed by atoms with Crippen LogP contribution in [0.1, 0.15) is 12.8 Å². The summed E-state index contributed by atoms with van der Waals surface area (Å²) < 4.78 is 0. The lowest BCUT2D eigenvalue weighted by Crippen LogP contribution is -2.32. The second kappa shape index (κ2) is 3.33. The van der Waals surface area contributed by atoms with Crippen LogP contribution in [0.5, 0.6) is 0 Å². The normalized spacial score (nSPS) is 15.5. The molecule has 1 saturated carbocycles. The maximum atomic E-state index is 11.5. The van der Waals surface area contributed by atoms with Crippen LogP contribution in [-0.2, 0) is 0 Å². The molecule has 0 unspecified atom stereocenters. The third-order valence-electron chi connectivity index (χ3n) is 2.06. The molecule has 1 aliphatic carbocycles. The molecule has 70 valence electrons. The lowest BCUT2D eigenvalue weighted by atomic mass is 10.6. The molecule has 0 spiro atoms. The van der Waals surface area contributed by atoms with Crippen LogP contribution in [0.4, 0.5) is 9.93 Å². The largest absolute Gasteiger partial charge is 0.325 e. The lowest BCUT2D eigenvalue weighted by molar-refractivity contribution is 0.220. The molecule has 13 heavy (non-hydrogen) atoms. The molecular weight excluding hydrogens is 186 g/mol. The van der Waals surface area contributed by atoms with Gasteiger partial charge in [0.1, 0.15) is 0 Å². The number of urea groups is 1. The van der Waals surface area contributed by atoms with Crippen molar-refractivity contribution in [3.05, 3.63) is 11.6 Å². The van der Waals surface area contributed by atoms with Gasteiger partial charge in [-0.2, -0.15) is 0 Å². The summed E-state index contributed by atoms with van der Waals surface area (Å²) >= 11 is 1.43. The minimum absolute atomic E-state index is 0.0579. The molecule has 5 heteroatoms. The van der Waals surface area contributed by atoms with E-state index in [4.69, 9.17) is 0 Å². The van der Waals surface area contributed by atoms with E-state index >= 15 is 0 Å². The summed E-state index contributed by atoms with van der Waals surface area (Å²) in [5.41, 5.74) is 0. The molecule has 1 N–H and O–H groups in total. The first-order chi connectivity index (χ1) is 6.27. The van der Waals surface area contributed by atoms with Crippen molar-refractivity contribution < 1.29 is 4.79 Å². The molecule has 0 aromatic carbocycles. The van der Waals surface area contributed by atoms with E-state index in [2.05, 4.69) is 10.3 Å². The Morgan fingerprint density at radius 2 is 2.54 bits per heavy atom. The minimum Gasteiger partial charge on any atom is -0.325 e. The van der Waals surface area contributed by atoms with Gasteiger partial charge in [-0.3, -0.25) is 5.32 Å². The van der Waals surface area contributed by atoms with Crippen LogP contribution >= 0.6 is 11.3 Å². The predicted octanol–water partition coefficient (Wildman–Crippen LogP) is 1.77. The van der Waals surface area contributed by atoms with Crippen molar-refractivity contribution in [2.45, 2.75) is 18.9 Å². The summed E-state index contributed by atoms with van der Waals surface area (Å²) in [4.78, 5) is 17.2. The Morgan fingerprint density at radius 3 is 3.08 bits per heavy atom. The predicted molar refractivity (Wildman–Crippen MR) is 51.9 cm³/mol. The molecule has 2 amide bonds. The van der Waals surface area contributed by atoms with Gasteiger partial charge in [0.05, 0.1) is 0 Å². The topological polar surface area (TPSA) is 45.2 Å². The van der Waals surface area contributed by atoms with Crippen LogP contribution in [0, 0.1) is 0 Å². The number of anilines is 1. The van der Waals surface area contributed by atoms with Crippen molar-refractivity contribution >= 4 is 22.5 Å². The molecule has 0 radical (unpaired) electrons. The fraction of sp³-hybridized carbons (Fsp3) is 0.500. The van der Waals surface area contributed by atoms with Gasteiger partial charge in [-0.15, -0.1) is 11.3 Å². The number of aromatic nitrogens is 1. The highest BCUT2D eigenvalue weighted by Crippen LogP contribution is 2.25. The number of hydrogen-bond acceptors (Lipinski definition) is 3. The number of hydrogen-bond donors (Lipinski definition) is 1. The molecule has 0 bridgehead atoms. The first-order valence-electron chi connectivity index (χ1n) is 4.20. The Bertz CT molecular complexity index is 294. The van der Waals surface area contributed by atoms with Crippen molar-refractivity contribution in [2.24, 2.45) is 0 Å². The Labute approximate surface area is 80.6 Å². The van der Waals surface area contributed by atoms with Crippen molar-refractivity contribution in [3.8, 4) is 0 Å². The van der Waals surface area contributed by atoms with Crippen LogP contribution < -0.4 is 5.32 Å². The zero-order valence-corrected chi connectivity index (χ0v) is 8.17. The fourth-order valence-electron chi connectivity index (χ4n) is 1.09. The SMILES string of the molecule is CN(C(=O)Nc1nccs1)C1CC1. The standard InChI is InChI=1S/C8H11N3OS/c1-11(6-2-3-6)8(12)10-7-9-4-5-13-7/h4-6H,2-3H2,1H3,(H,9,10,12). The van der Waals surface area contributed by atoms with Gasteiger partial charge in [0.15, 0.2) is 5.13 Å². The molecule has 0 saturated heterocycles. The lowest BCUT2D eigenvalue weighted by Gasteiger charge is -2.15. The van der Waals surface area contributed by atoms with Gasteiger partial charge >= 0.3 is 6.03 Å². The first kappa shape index (κ1) is 8.50. The molecule has 0 atom stereocenters. The number of nitrogens with zero attached hydrogens (tertiary/aromatic N) is 2. The molecule has 1 heterocycles. The van der Waals surface area contributed by atoms with E-state index in [0.717, 1.165) is 12.8 Å². The smallest absolute Gasteiger partial charge is 0.323 e. The van der Waals surface area contributed by atoms with Crippen molar-refractivity contribution in [1.29, 1.82) is 0 Å². The van der Waals surface area contributed by atoms with Crippen LogP contribution in [-0.4, -0.2) is 29.0 Å². The van der Waals surface area contributed by atoms with E-state index < -0.39 is 0 Å². The molecule has 4 nitrogen and oxygen atoms in total. The Kier molecular flexibility index (Phi) is 2.18. The van der Waals surface area contributed by atoms with Crippen LogP contribution in [0.2, 0.25) is 0 Å². The summed E-state index contributed by atoms with van der Waals surface area (Å²) in [5.74, 6) is 0. The van der Waals surface area contributed by atoms with Gasteiger partial charge < -0.3 is 4.90 Å². The average molecular weight is 197 g/mol. The Balaban J connectivity index is 1.90. The number of nitrogens with one attached hydrogen (secondary N) is 1. The third-order valence-corrected chi connectivity index (χ3v) is 2.75. The zero-order valence-electron chi connectivity index (χ0n) is 7.36. The number of thiazole rings is 1. The number of rotatable bonds is 2. The zero-order chi connectivity index (χ0) is 9.26. The molecular formula is C8H11N3OS. The average Bonchev–Trinajstić information content (AvgIpc) is 2.85. The van der Waals surface area contributed by atoms with Crippen LogP contribution in [0.25, 0.3) is 0 Å². The maximum absolute atomic E-state index is 11.5. The van der Waals surface area contributed by atoms with Gasteiger partial charge in [0.2, 0.25) is 0 Å². The minimum atomic E-state index is -0.0579. The van der Waals surface area contributed by atoms with E-state index in [1.807, 2.05) is 12.4 Å². The summed E-state index contributed by atoms with van der Waals surface area (Å²) in [6.45, 7) is 0. The highest BCUT2D eigenvalue weighted by Gasteiger charge is 2.29. The summed E-state index contributed by atoms with van der Waals surface area (Å²) in [7, 11) is 1.82. The van der Waals surface area contributed by atoms with E-state index in [1.165, 1.54) is 11.3 Å².